The second-order valence-corrected chi connectivity index (χ2v) is 7.31. The third-order valence-electron chi connectivity index (χ3n) is 3.62. The predicted molar refractivity (Wildman–Crippen MR) is 117 cm³/mol. The number of allylic oxidation sites excluding steroid dienone is 1. The Hall–Kier alpha value is -3.47. The second-order valence-electron chi connectivity index (χ2n) is 5.60. The van der Waals surface area contributed by atoms with Crippen molar-refractivity contribution in [3.63, 3.8) is 0 Å². The maximum Gasteiger partial charge on any atom is 0.307 e. The van der Waals surface area contributed by atoms with Crippen LogP contribution < -0.4 is 16.2 Å². The van der Waals surface area contributed by atoms with E-state index in [1.54, 1.807) is 30.3 Å². The lowest BCUT2D eigenvalue weighted by atomic mass is 10.2. The van der Waals surface area contributed by atoms with E-state index in [0.717, 1.165) is 5.56 Å². The lowest BCUT2D eigenvalue weighted by molar-refractivity contribution is 0.945. The first kappa shape index (κ1) is 20.3. The van der Waals surface area contributed by atoms with Gasteiger partial charge in [-0.3, -0.25) is 4.79 Å². The smallest absolute Gasteiger partial charge is 0.307 e. The highest BCUT2D eigenvalue weighted by Gasteiger charge is 2.11. The lowest BCUT2D eigenvalue weighted by Crippen LogP contribution is -2.17. The Kier molecular flexibility index (Phi) is 6.39. The molecule has 0 bridgehead atoms. The van der Waals surface area contributed by atoms with Crippen LogP contribution in [0.25, 0.3) is 6.08 Å². The summed E-state index contributed by atoms with van der Waals surface area (Å²) in [5, 5.41) is 29.8. The molecule has 0 atom stereocenters. The molecule has 1 heterocycles. The first-order chi connectivity index (χ1) is 14.0. The van der Waals surface area contributed by atoms with Gasteiger partial charge in [0.15, 0.2) is 0 Å². The van der Waals surface area contributed by atoms with Crippen molar-refractivity contribution < 1.29 is 0 Å². The number of halogens is 2. The first-order valence-corrected chi connectivity index (χ1v) is 9.65. The van der Waals surface area contributed by atoms with Crippen molar-refractivity contribution in [2.75, 3.05) is 10.6 Å². The number of benzene rings is 2. The van der Waals surface area contributed by atoms with E-state index in [4.69, 9.17) is 10.5 Å². The Balaban J connectivity index is 1.86. The molecule has 0 saturated carbocycles. The van der Waals surface area contributed by atoms with Gasteiger partial charge in [0.05, 0.1) is 23.4 Å². The van der Waals surface area contributed by atoms with Crippen molar-refractivity contribution in [3.05, 3.63) is 72.9 Å². The minimum Gasteiger partial charge on any atom is -0.335 e. The number of hydrogen-bond acceptors (Lipinski definition) is 7. The molecule has 0 amide bonds. The quantitative estimate of drug-likeness (QED) is 0.426. The molecule has 0 aliphatic heterocycles. The lowest BCUT2D eigenvalue weighted by Gasteiger charge is -2.11. The van der Waals surface area contributed by atoms with Gasteiger partial charge in [0.1, 0.15) is 0 Å². The molecule has 0 radical (unpaired) electrons. The van der Waals surface area contributed by atoms with Gasteiger partial charge in [0, 0.05) is 20.7 Å². The number of anilines is 4. The standard InChI is InChI=1S/C19H11Br2N7O/c20-14-8-12(2-1-7-22)9-15(21)16(14)25-19-26-17(18(29)27-28-19)24-13-5-3-11(10-23)4-6-13/h1-6,8-9H,(H,27,29)(H2,24,25,26,28). The average Bonchev–Trinajstić information content (AvgIpc) is 2.72. The average molecular weight is 513 g/mol. The van der Waals surface area contributed by atoms with E-state index in [2.05, 4.69) is 57.7 Å². The fraction of sp³-hybridized carbons (Fsp3) is 0. The van der Waals surface area contributed by atoms with E-state index in [1.807, 2.05) is 24.3 Å². The first-order valence-electron chi connectivity index (χ1n) is 8.06. The minimum atomic E-state index is -0.491. The molecular weight excluding hydrogens is 502 g/mol. The molecule has 8 nitrogen and oxygen atoms in total. The summed E-state index contributed by atoms with van der Waals surface area (Å²) in [5.41, 5.74) is 2.10. The van der Waals surface area contributed by atoms with Crippen molar-refractivity contribution in [1.29, 1.82) is 10.5 Å². The molecule has 3 rings (SSSR count). The van der Waals surface area contributed by atoms with Crippen molar-refractivity contribution in [3.8, 4) is 12.1 Å². The molecule has 0 aliphatic carbocycles. The Labute approximate surface area is 182 Å². The van der Waals surface area contributed by atoms with E-state index in [0.29, 0.717) is 25.9 Å². The Morgan fingerprint density at radius 2 is 1.76 bits per heavy atom. The van der Waals surface area contributed by atoms with Crippen LogP contribution in [0.2, 0.25) is 0 Å². The zero-order valence-electron chi connectivity index (χ0n) is 14.6. The minimum absolute atomic E-state index is 0.0491. The zero-order valence-corrected chi connectivity index (χ0v) is 17.7. The topological polar surface area (TPSA) is 130 Å². The maximum atomic E-state index is 12.1. The largest absolute Gasteiger partial charge is 0.335 e. The number of rotatable bonds is 5. The van der Waals surface area contributed by atoms with Gasteiger partial charge in [0.2, 0.25) is 11.8 Å². The van der Waals surface area contributed by atoms with Crippen LogP contribution in [0.15, 0.2) is 56.2 Å². The molecule has 0 unspecified atom stereocenters. The van der Waals surface area contributed by atoms with Gasteiger partial charge < -0.3 is 10.6 Å². The van der Waals surface area contributed by atoms with Gasteiger partial charge in [-0.15, -0.1) is 5.10 Å². The van der Waals surface area contributed by atoms with Gasteiger partial charge in [0.25, 0.3) is 0 Å². The summed E-state index contributed by atoms with van der Waals surface area (Å²) in [6.07, 6.45) is 3.06. The number of aromatic amines is 1. The number of H-pyrrole nitrogens is 1. The molecule has 0 fully saturated rings. The van der Waals surface area contributed by atoms with Gasteiger partial charge >= 0.3 is 5.56 Å². The third kappa shape index (κ3) is 5.08. The van der Waals surface area contributed by atoms with Gasteiger partial charge in [-0.25, -0.2) is 5.10 Å². The maximum absolute atomic E-state index is 12.1. The molecule has 2 aromatic carbocycles. The van der Waals surface area contributed by atoms with Crippen LogP contribution in [0.1, 0.15) is 11.1 Å². The summed E-state index contributed by atoms with van der Waals surface area (Å²) in [4.78, 5) is 16.3. The molecule has 0 spiro atoms. The molecule has 1 aromatic heterocycles. The molecule has 3 N–H and O–H groups in total. The summed E-state index contributed by atoms with van der Waals surface area (Å²) in [7, 11) is 0. The third-order valence-corrected chi connectivity index (χ3v) is 4.88. The molecule has 142 valence electrons. The monoisotopic (exact) mass is 511 g/mol. The summed E-state index contributed by atoms with van der Waals surface area (Å²) < 4.78 is 1.42. The Morgan fingerprint density at radius 3 is 2.38 bits per heavy atom. The van der Waals surface area contributed by atoms with E-state index < -0.39 is 5.56 Å². The highest BCUT2D eigenvalue weighted by Crippen LogP contribution is 2.34. The highest BCUT2D eigenvalue weighted by molar-refractivity contribution is 9.11. The Bertz CT molecular complexity index is 1200. The molecule has 0 saturated heterocycles. The van der Waals surface area contributed by atoms with Crippen LogP contribution >= 0.6 is 31.9 Å². The molecule has 3 aromatic rings. The fourth-order valence-electron chi connectivity index (χ4n) is 2.30. The van der Waals surface area contributed by atoms with Crippen molar-refractivity contribution in [2.45, 2.75) is 0 Å². The Morgan fingerprint density at radius 1 is 1.07 bits per heavy atom. The summed E-state index contributed by atoms with van der Waals surface area (Å²) >= 11 is 6.94. The van der Waals surface area contributed by atoms with Crippen molar-refractivity contribution in [1.82, 2.24) is 15.2 Å². The summed E-state index contributed by atoms with van der Waals surface area (Å²) in [5.74, 6) is 0.218. The highest BCUT2D eigenvalue weighted by atomic mass is 79.9. The number of nitriles is 2. The molecule has 10 heteroatoms. The molecule has 0 aliphatic rings. The number of aromatic nitrogens is 3. The number of nitrogens with zero attached hydrogens (tertiary/aromatic N) is 4. The number of hydrogen-bond donors (Lipinski definition) is 3. The van der Waals surface area contributed by atoms with E-state index in [-0.39, 0.29) is 11.8 Å². The second kappa shape index (κ2) is 9.15. The predicted octanol–water partition coefficient (Wildman–Crippen LogP) is 4.59. The normalized spacial score (nSPS) is 10.3. The SMILES string of the molecule is N#CC=Cc1cc(Br)c(Nc2n[nH]c(=O)c(Nc3ccc(C#N)cc3)n2)c(Br)c1. The molecular formula is C19H11Br2N7O. The summed E-state index contributed by atoms with van der Waals surface area (Å²) in [6, 6.07) is 14.2. The fourth-order valence-corrected chi connectivity index (χ4v) is 3.72. The van der Waals surface area contributed by atoms with Crippen LogP contribution in [-0.4, -0.2) is 15.2 Å². The van der Waals surface area contributed by atoms with Crippen molar-refractivity contribution >= 4 is 61.1 Å². The zero-order chi connectivity index (χ0) is 20.8. The number of nitrogens with one attached hydrogen (secondary N) is 3. The van der Waals surface area contributed by atoms with Crippen molar-refractivity contribution in [2.24, 2.45) is 0 Å². The van der Waals surface area contributed by atoms with E-state index >= 15 is 0 Å². The van der Waals surface area contributed by atoms with Crippen LogP contribution in [-0.2, 0) is 0 Å². The van der Waals surface area contributed by atoms with E-state index in [1.165, 1.54) is 6.08 Å². The molecule has 29 heavy (non-hydrogen) atoms. The van der Waals surface area contributed by atoms with E-state index in [9.17, 15) is 4.79 Å². The van der Waals surface area contributed by atoms with Gasteiger partial charge in [-0.05, 0) is 79.9 Å². The summed E-state index contributed by atoms with van der Waals surface area (Å²) in [6.45, 7) is 0. The van der Waals surface area contributed by atoms with Gasteiger partial charge in [-0.1, -0.05) is 0 Å². The van der Waals surface area contributed by atoms with Crippen LogP contribution in [0.4, 0.5) is 23.1 Å². The van der Waals surface area contributed by atoms with Crippen LogP contribution in [0.5, 0.6) is 0 Å². The van der Waals surface area contributed by atoms with Crippen LogP contribution in [0.3, 0.4) is 0 Å². The van der Waals surface area contributed by atoms with Crippen LogP contribution in [0, 0.1) is 22.7 Å². The van der Waals surface area contributed by atoms with Gasteiger partial charge in [-0.2, -0.15) is 15.5 Å².